The number of rotatable bonds is 49. The number of carbonyl (C=O) groups excluding carboxylic acids is 2. The molecule has 374 valence electrons. The minimum atomic E-state index is -0.872. The first-order chi connectivity index (χ1) is 31.1. The first-order valence-corrected chi connectivity index (χ1v) is 27.0. The molecule has 0 aromatic rings. The maximum atomic E-state index is 12.8. The van der Waals surface area contributed by atoms with Crippen molar-refractivity contribution < 1.29 is 38.2 Å². The van der Waals surface area contributed by atoms with Crippen LogP contribution in [0.3, 0.4) is 0 Å². The second-order valence-electron chi connectivity index (χ2n) is 19.5. The van der Waals surface area contributed by atoms with Gasteiger partial charge in [-0.15, -0.1) is 0 Å². The molecule has 2 unspecified atom stereocenters. The average Bonchev–Trinajstić information content (AvgIpc) is 3.26. The molecule has 64 heavy (non-hydrogen) atoms. The topological polar surface area (TPSA) is 99.1 Å². The van der Waals surface area contributed by atoms with Gasteiger partial charge in [-0.05, 0) is 44.9 Å². The van der Waals surface area contributed by atoms with E-state index in [4.69, 9.17) is 14.2 Å². The van der Waals surface area contributed by atoms with E-state index in [1.165, 1.54) is 161 Å². The van der Waals surface area contributed by atoms with Gasteiger partial charge in [-0.2, -0.15) is 0 Å². The van der Waals surface area contributed by atoms with Gasteiger partial charge in [-0.3, -0.25) is 9.59 Å². The molecular weight excluding hydrogens is 799 g/mol. The first kappa shape index (κ1) is 61.5. The van der Waals surface area contributed by atoms with Crippen LogP contribution in [0, 0.1) is 0 Å². The molecule has 0 bridgehead atoms. The van der Waals surface area contributed by atoms with Crippen LogP contribution in [0.15, 0.2) is 36.5 Å². The summed E-state index contributed by atoms with van der Waals surface area (Å²) in [4.78, 5) is 37.2. The number of hydrogen-bond acceptors (Lipinski definition) is 6. The van der Waals surface area contributed by atoms with Crippen LogP contribution in [0.25, 0.3) is 0 Å². The van der Waals surface area contributed by atoms with Crippen molar-refractivity contribution in [3.63, 3.8) is 0 Å². The highest BCUT2D eigenvalue weighted by atomic mass is 16.6. The van der Waals surface area contributed by atoms with Gasteiger partial charge in [0.25, 0.3) is 0 Å². The lowest BCUT2D eigenvalue weighted by Crippen LogP contribution is -2.50. The summed E-state index contributed by atoms with van der Waals surface area (Å²) >= 11 is 0. The van der Waals surface area contributed by atoms with Crippen LogP contribution in [0.4, 0.5) is 0 Å². The standard InChI is InChI=1S/C56H103NO7/c1-6-8-10-12-14-16-18-20-22-24-26-27-29-31-33-35-37-39-41-43-45-47-55(59)64-52(50-62-49-48-53(56(60)61)57(3,4)5)51-63-54(58)46-44-42-40-38-36-34-32-30-28-25-23-21-19-17-15-13-11-9-7-2/h9,11,15,17,21,23,52-53H,6-8,10,12-14,16,18-20,22,24-51H2,1-5H3/p+1/b11-9+,17-15+,23-21+. The maximum Gasteiger partial charge on any atom is 0.362 e. The Bertz CT molecular complexity index is 1140. The zero-order valence-corrected chi connectivity index (χ0v) is 42.7. The molecular formula is C56H104NO7+. The molecule has 8 heteroatoms. The van der Waals surface area contributed by atoms with Crippen LogP contribution in [-0.2, 0) is 28.6 Å². The normalized spacial score (nSPS) is 13.1. The highest BCUT2D eigenvalue weighted by Gasteiger charge is 2.31. The number of carboxylic acid groups (broad SMARTS) is 1. The van der Waals surface area contributed by atoms with Crippen LogP contribution < -0.4 is 0 Å². The van der Waals surface area contributed by atoms with Gasteiger partial charge in [-0.1, -0.05) is 224 Å². The Morgan fingerprint density at radius 3 is 1.30 bits per heavy atom. The maximum absolute atomic E-state index is 12.8. The smallest absolute Gasteiger partial charge is 0.362 e. The third-order valence-electron chi connectivity index (χ3n) is 12.3. The summed E-state index contributed by atoms with van der Waals surface area (Å²) in [7, 11) is 5.54. The van der Waals surface area contributed by atoms with Crippen LogP contribution in [0.5, 0.6) is 0 Å². The van der Waals surface area contributed by atoms with Gasteiger partial charge in [0.05, 0.1) is 34.4 Å². The van der Waals surface area contributed by atoms with E-state index in [0.717, 1.165) is 57.8 Å². The molecule has 0 saturated carbocycles. The largest absolute Gasteiger partial charge is 0.477 e. The van der Waals surface area contributed by atoms with Crippen LogP contribution in [0.1, 0.15) is 251 Å². The SMILES string of the molecule is CC/C=C/C/C=C/C/C=C/CCCCCCCCCCCC(=O)OCC(COCCC(C(=O)O)[N+](C)(C)C)OC(=O)CCCCCCCCCCCCCCCCCCCCCCC. The molecule has 0 aliphatic carbocycles. The molecule has 0 saturated heterocycles. The number of allylic oxidation sites excluding steroid dienone is 6. The number of likely N-dealkylation sites (N-methyl/N-ethyl adjacent to an activating group) is 1. The summed E-state index contributed by atoms with van der Waals surface area (Å²) in [5.74, 6) is -1.46. The van der Waals surface area contributed by atoms with Gasteiger partial charge in [0, 0.05) is 19.3 Å². The van der Waals surface area contributed by atoms with E-state index in [0.29, 0.717) is 19.3 Å². The van der Waals surface area contributed by atoms with Crippen molar-refractivity contribution in [3.8, 4) is 0 Å². The number of carboxylic acids is 1. The van der Waals surface area contributed by atoms with E-state index < -0.39 is 18.1 Å². The van der Waals surface area contributed by atoms with E-state index >= 15 is 0 Å². The molecule has 0 aromatic carbocycles. The molecule has 0 radical (unpaired) electrons. The number of quaternary nitrogens is 1. The van der Waals surface area contributed by atoms with Crippen molar-refractivity contribution in [2.45, 2.75) is 264 Å². The number of hydrogen-bond donors (Lipinski definition) is 1. The Morgan fingerprint density at radius 1 is 0.484 bits per heavy atom. The van der Waals surface area contributed by atoms with Crippen LogP contribution >= 0.6 is 0 Å². The summed E-state index contributed by atoms with van der Waals surface area (Å²) < 4.78 is 17.4. The number of nitrogens with zero attached hydrogens (tertiary/aromatic N) is 1. The van der Waals surface area contributed by atoms with E-state index in [9.17, 15) is 19.5 Å². The summed E-state index contributed by atoms with van der Waals surface area (Å²) in [5, 5.41) is 9.66. The van der Waals surface area contributed by atoms with Crippen molar-refractivity contribution in [1.29, 1.82) is 0 Å². The lowest BCUT2D eigenvalue weighted by atomic mass is 10.0. The van der Waals surface area contributed by atoms with Gasteiger partial charge in [-0.25, -0.2) is 4.79 Å². The number of unbranched alkanes of at least 4 members (excludes halogenated alkanes) is 29. The Kier molecular flexibility index (Phi) is 45.3. The molecule has 0 fully saturated rings. The van der Waals surface area contributed by atoms with Crippen molar-refractivity contribution in [3.05, 3.63) is 36.5 Å². The molecule has 0 amide bonds. The fraction of sp³-hybridized carbons (Fsp3) is 0.839. The predicted octanol–water partition coefficient (Wildman–Crippen LogP) is 15.8. The number of aliphatic carboxylic acids is 1. The summed E-state index contributed by atoms with van der Waals surface area (Å²) in [6, 6.07) is -0.614. The van der Waals surface area contributed by atoms with E-state index in [1.54, 1.807) is 0 Å². The van der Waals surface area contributed by atoms with Crippen molar-refractivity contribution in [2.24, 2.45) is 0 Å². The molecule has 0 spiro atoms. The summed E-state index contributed by atoms with van der Waals surface area (Å²) in [5.41, 5.74) is 0. The molecule has 2 atom stereocenters. The Balaban J connectivity index is 4.18. The average molecular weight is 903 g/mol. The Labute approximate surface area is 395 Å². The molecule has 8 nitrogen and oxygen atoms in total. The second-order valence-corrected chi connectivity index (χ2v) is 19.5. The lowest BCUT2D eigenvalue weighted by Gasteiger charge is -2.31. The quantitative estimate of drug-likeness (QED) is 0.0281. The first-order valence-electron chi connectivity index (χ1n) is 27.0. The van der Waals surface area contributed by atoms with Crippen molar-refractivity contribution >= 4 is 17.9 Å². The minimum Gasteiger partial charge on any atom is -0.477 e. The number of ether oxygens (including phenoxy) is 3. The second kappa shape index (κ2) is 47.1. The summed E-state index contributed by atoms with van der Waals surface area (Å²) in [6.45, 7) is 4.67. The van der Waals surface area contributed by atoms with Crippen molar-refractivity contribution in [2.75, 3.05) is 41.0 Å². The molecule has 0 heterocycles. The van der Waals surface area contributed by atoms with Crippen molar-refractivity contribution in [1.82, 2.24) is 0 Å². The minimum absolute atomic E-state index is 0.0502. The summed E-state index contributed by atoms with van der Waals surface area (Å²) in [6.07, 6.45) is 56.3. The molecule has 0 rings (SSSR count). The molecule has 0 aromatic heterocycles. The van der Waals surface area contributed by atoms with Gasteiger partial charge in [0.15, 0.2) is 12.1 Å². The zero-order valence-electron chi connectivity index (χ0n) is 42.7. The van der Waals surface area contributed by atoms with E-state index in [2.05, 4.69) is 50.3 Å². The molecule has 1 N–H and O–H groups in total. The number of esters is 2. The zero-order chi connectivity index (χ0) is 47.0. The Hall–Kier alpha value is -2.45. The predicted molar refractivity (Wildman–Crippen MR) is 271 cm³/mol. The van der Waals surface area contributed by atoms with Gasteiger partial charge in [0.2, 0.25) is 0 Å². The van der Waals surface area contributed by atoms with Crippen LogP contribution in [0.2, 0.25) is 0 Å². The lowest BCUT2D eigenvalue weighted by molar-refractivity contribution is -0.887. The third-order valence-corrected chi connectivity index (χ3v) is 12.3. The monoisotopic (exact) mass is 903 g/mol. The highest BCUT2D eigenvalue weighted by molar-refractivity contribution is 5.72. The molecule has 0 aliphatic heterocycles. The molecule has 0 aliphatic rings. The van der Waals surface area contributed by atoms with E-state index in [-0.39, 0.29) is 36.2 Å². The number of carbonyl (C=O) groups is 3. The fourth-order valence-electron chi connectivity index (χ4n) is 8.17. The van der Waals surface area contributed by atoms with Crippen LogP contribution in [-0.4, -0.2) is 80.6 Å². The van der Waals surface area contributed by atoms with Gasteiger partial charge >= 0.3 is 17.9 Å². The fourth-order valence-corrected chi connectivity index (χ4v) is 8.17. The third kappa shape index (κ3) is 44.7. The Morgan fingerprint density at radius 2 is 0.875 bits per heavy atom. The van der Waals surface area contributed by atoms with E-state index in [1.807, 2.05) is 21.1 Å². The van der Waals surface area contributed by atoms with Gasteiger partial charge in [0.1, 0.15) is 6.61 Å². The highest BCUT2D eigenvalue weighted by Crippen LogP contribution is 2.17. The van der Waals surface area contributed by atoms with Gasteiger partial charge < -0.3 is 23.8 Å².